The molecule has 0 N–H and O–H groups in total. The average Bonchev–Trinajstić information content (AvgIpc) is 2.45. The molecule has 0 spiro atoms. The molecule has 110 valence electrons. The van der Waals surface area contributed by atoms with Gasteiger partial charge in [0.05, 0.1) is 22.4 Å². The first-order valence-electron chi connectivity index (χ1n) is 6.11. The minimum atomic E-state index is -0.597. The minimum Gasteiger partial charge on any atom is -0.468 e. The average molecular weight is 335 g/mol. The van der Waals surface area contributed by atoms with Crippen molar-refractivity contribution < 1.29 is 14.3 Å². The van der Waals surface area contributed by atoms with Gasteiger partial charge in [0.25, 0.3) is 0 Å². The zero-order chi connectivity index (χ0) is 15.3. The maximum absolute atomic E-state index is 11.9. The van der Waals surface area contributed by atoms with Gasteiger partial charge in [-0.25, -0.2) is 0 Å². The number of halogens is 2. The number of hydrogen-bond donors (Lipinski definition) is 0. The van der Waals surface area contributed by atoms with Gasteiger partial charge >= 0.3 is 5.97 Å². The second-order valence-corrected chi connectivity index (χ2v) is 6.44. The molecule has 0 aliphatic carbocycles. The highest BCUT2D eigenvalue weighted by Crippen LogP contribution is 2.36. The van der Waals surface area contributed by atoms with E-state index >= 15 is 0 Å². The van der Waals surface area contributed by atoms with Crippen LogP contribution in [-0.2, 0) is 14.3 Å². The van der Waals surface area contributed by atoms with E-state index in [1.807, 2.05) is 0 Å². The monoisotopic (exact) mass is 334 g/mol. The fourth-order valence-electron chi connectivity index (χ4n) is 1.62. The lowest BCUT2D eigenvalue weighted by molar-refractivity contribution is -0.140. The van der Waals surface area contributed by atoms with Crippen LogP contribution in [0.4, 0.5) is 0 Å². The van der Waals surface area contributed by atoms with Gasteiger partial charge < -0.3 is 4.74 Å². The Labute approximate surface area is 133 Å². The molecule has 0 saturated carbocycles. The number of ketones is 1. The summed E-state index contributed by atoms with van der Waals surface area (Å²) in [4.78, 5) is 23.6. The zero-order valence-corrected chi connectivity index (χ0v) is 13.8. The lowest BCUT2D eigenvalue weighted by atomic mass is 10.1. The van der Waals surface area contributed by atoms with Crippen LogP contribution in [0.3, 0.4) is 0 Å². The van der Waals surface area contributed by atoms with Gasteiger partial charge in [0.2, 0.25) is 0 Å². The molecule has 1 aromatic carbocycles. The molecule has 0 aliphatic rings. The topological polar surface area (TPSA) is 43.4 Å². The molecule has 2 atom stereocenters. The van der Waals surface area contributed by atoms with Crippen LogP contribution in [0.2, 0.25) is 10.0 Å². The summed E-state index contributed by atoms with van der Waals surface area (Å²) in [7, 11) is 1.32. The number of carbonyl (C=O) groups is 2. The molecule has 1 rings (SSSR count). The summed E-state index contributed by atoms with van der Waals surface area (Å²) in [5.41, 5.74) is 0.673. The fourth-order valence-corrected chi connectivity index (χ4v) is 3.16. The van der Waals surface area contributed by atoms with Crippen molar-refractivity contribution in [3.63, 3.8) is 0 Å². The van der Waals surface area contributed by atoms with Crippen LogP contribution < -0.4 is 0 Å². The molecule has 0 amide bonds. The van der Waals surface area contributed by atoms with E-state index in [4.69, 9.17) is 27.9 Å². The number of ether oxygens (including phenoxy) is 1. The van der Waals surface area contributed by atoms with Crippen LogP contribution in [0.15, 0.2) is 18.2 Å². The van der Waals surface area contributed by atoms with E-state index < -0.39 is 11.2 Å². The predicted molar refractivity (Wildman–Crippen MR) is 83.6 cm³/mol. The summed E-state index contributed by atoms with van der Waals surface area (Å²) >= 11 is 13.1. The van der Waals surface area contributed by atoms with Crippen molar-refractivity contribution in [3.05, 3.63) is 33.8 Å². The highest BCUT2D eigenvalue weighted by molar-refractivity contribution is 8.01. The Kier molecular flexibility index (Phi) is 6.86. The number of thioether (sulfide) groups is 1. The van der Waals surface area contributed by atoms with E-state index in [9.17, 15) is 9.59 Å². The van der Waals surface area contributed by atoms with Crippen molar-refractivity contribution >= 4 is 46.7 Å². The molecule has 0 aliphatic heterocycles. The van der Waals surface area contributed by atoms with Crippen molar-refractivity contribution in [1.82, 2.24) is 0 Å². The number of hydrogen-bond acceptors (Lipinski definition) is 4. The van der Waals surface area contributed by atoms with Gasteiger partial charge in [-0.15, -0.1) is 11.8 Å². The molecule has 20 heavy (non-hydrogen) atoms. The van der Waals surface area contributed by atoms with Crippen molar-refractivity contribution in [3.8, 4) is 0 Å². The van der Waals surface area contributed by atoms with Crippen LogP contribution in [0.1, 0.15) is 31.1 Å². The van der Waals surface area contributed by atoms with E-state index in [-0.39, 0.29) is 11.0 Å². The summed E-state index contributed by atoms with van der Waals surface area (Å²) < 4.78 is 4.80. The number of Topliss-reactive ketones (excluding diaryl/α,β-unsaturated/α-hetero) is 1. The van der Waals surface area contributed by atoms with Gasteiger partial charge in [-0.1, -0.05) is 36.2 Å². The van der Waals surface area contributed by atoms with Crippen molar-refractivity contribution in [1.29, 1.82) is 0 Å². The van der Waals surface area contributed by atoms with Crippen LogP contribution in [0.25, 0.3) is 0 Å². The molecule has 0 heterocycles. The van der Waals surface area contributed by atoms with Crippen LogP contribution in [0, 0.1) is 0 Å². The maximum Gasteiger partial charge on any atom is 0.323 e. The quantitative estimate of drug-likeness (QED) is 0.727. The minimum absolute atomic E-state index is 0.0870. The van der Waals surface area contributed by atoms with Crippen LogP contribution >= 0.6 is 35.0 Å². The third-order valence-corrected chi connectivity index (χ3v) is 4.95. The number of methoxy groups -OCH3 is 1. The summed E-state index contributed by atoms with van der Waals surface area (Å²) in [6, 6.07) is 4.97. The third kappa shape index (κ3) is 4.40. The van der Waals surface area contributed by atoms with E-state index in [0.717, 1.165) is 0 Å². The van der Waals surface area contributed by atoms with E-state index in [2.05, 4.69) is 0 Å². The third-order valence-electron chi connectivity index (χ3n) is 2.80. The zero-order valence-electron chi connectivity index (χ0n) is 11.5. The number of esters is 1. The molecule has 3 nitrogen and oxygen atoms in total. The standard InChI is InChI=1S/C14H16Cl2O3S/c1-4-12(17)8(2)20-13(14(18)19-3)9-5-6-10(15)11(16)7-9/h5-8,13H,4H2,1-3H3. The Morgan fingerprint density at radius 2 is 1.95 bits per heavy atom. The van der Waals surface area contributed by atoms with Crippen LogP contribution in [-0.4, -0.2) is 24.1 Å². The second-order valence-electron chi connectivity index (χ2n) is 4.17. The Morgan fingerprint density at radius 3 is 2.45 bits per heavy atom. The normalized spacial score (nSPS) is 13.7. The Balaban J connectivity index is 3.03. The SMILES string of the molecule is CCC(=O)C(C)SC(C(=O)OC)c1ccc(Cl)c(Cl)c1. The highest BCUT2D eigenvalue weighted by atomic mass is 35.5. The summed E-state index contributed by atoms with van der Waals surface area (Å²) in [5, 5.41) is -0.103. The molecular weight excluding hydrogens is 319 g/mol. The van der Waals surface area contributed by atoms with Gasteiger partial charge in [0, 0.05) is 6.42 Å². The maximum atomic E-state index is 11.9. The smallest absolute Gasteiger partial charge is 0.323 e. The number of carbonyl (C=O) groups excluding carboxylic acids is 2. The van der Waals surface area contributed by atoms with E-state index in [1.54, 1.807) is 32.0 Å². The molecular formula is C14H16Cl2O3S. The summed E-state index contributed by atoms with van der Waals surface area (Å²) in [5.74, 6) is -0.326. The second kappa shape index (κ2) is 7.91. The lowest BCUT2D eigenvalue weighted by Gasteiger charge is -2.18. The van der Waals surface area contributed by atoms with Crippen LogP contribution in [0.5, 0.6) is 0 Å². The van der Waals surface area contributed by atoms with Crippen molar-refractivity contribution in [2.24, 2.45) is 0 Å². The largest absolute Gasteiger partial charge is 0.468 e. The fraction of sp³-hybridized carbons (Fsp3) is 0.429. The first kappa shape index (κ1) is 17.3. The molecule has 0 fully saturated rings. The summed E-state index contributed by atoms with van der Waals surface area (Å²) in [6.07, 6.45) is 0.434. The number of benzene rings is 1. The molecule has 1 aromatic rings. The number of rotatable bonds is 6. The van der Waals surface area contributed by atoms with Gasteiger partial charge in [0.1, 0.15) is 11.0 Å². The van der Waals surface area contributed by atoms with E-state index in [1.165, 1.54) is 18.9 Å². The van der Waals surface area contributed by atoms with Crippen molar-refractivity contribution in [2.75, 3.05) is 7.11 Å². The first-order chi connectivity index (χ1) is 9.40. The molecule has 0 aromatic heterocycles. The van der Waals surface area contributed by atoms with Gasteiger partial charge in [0.15, 0.2) is 0 Å². The molecule has 0 saturated heterocycles. The first-order valence-corrected chi connectivity index (χ1v) is 7.81. The highest BCUT2D eigenvalue weighted by Gasteiger charge is 2.27. The van der Waals surface area contributed by atoms with Gasteiger partial charge in [-0.2, -0.15) is 0 Å². The Hall–Kier alpha value is -0.710. The predicted octanol–water partition coefficient (Wildman–Crippen LogP) is 4.31. The van der Waals surface area contributed by atoms with Crippen molar-refractivity contribution in [2.45, 2.75) is 30.8 Å². The van der Waals surface area contributed by atoms with Gasteiger partial charge in [-0.05, 0) is 24.6 Å². The molecule has 6 heteroatoms. The molecule has 0 radical (unpaired) electrons. The lowest BCUT2D eigenvalue weighted by Crippen LogP contribution is -2.19. The molecule has 2 unspecified atom stereocenters. The molecule has 0 bridgehead atoms. The Bertz CT molecular complexity index is 505. The van der Waals surface area contributed by atoms with E-state index in [0.29, 0.717) is 22.0 Å². The Morgan fingerprint density at radius 1 is 1.30 bits per heavy atom. The summed E-state index contributed by atoms with van der Waals surface area (Å²) in [6.45, 7) is 3.58. The van der Waals surface area contributed by atoms with Gasteiger partial charge in [-0.3, -0.25) is 9.59 Å².